The van der Waals surface area contributed by atoms with E-state index in [1.807, 2.05) is 12.1 Å². The molecule has 1 aromatic rings. The lowest BCUT2D eigenvalue weighted by molar-refractivity contribution is -0.126. The van der Waals surface area contributed by atoms with Gasteiger partial charge in [0, 0.05) is 17.8 Å². The van der Waals surface area contributed by atoms with Gasteiger partial charge in [0.25, 0.3) is 0 Å². The van der Waals surface area contributed by atoms with E-state index in [2.05, 4.69) is 57.4 Å². The average molecular weight is 274 g/mol. The molecule has 0 aliphatic carbocycles. The van der Waals surface area contributed by atoms with Crippen molar-refractivity contribution in [2.75, 3.05) is 5.32 Å². The summed E-state index contributed by atoms with van der Waals surface area (Å²) >= 11 is 0. The standard InChI is InChI=1S/C17H26N2O/c1-11-14(16(20)19-12(2)17(3,4)5)10-13-8-6-7-9-15(13)18-11/h6-9,11-12,14,18H,10H2,1-5H3,(H,19,20). The molecule has 1 aliphatic rings. The van der Waals surface area contributed by atoms with Crippen LogP contribution in [0.4, 0.5) is 5.69 Å². The molecular weight excluding hydrogens is 248 g/mol. The van der Waals surface area contributed by atoms with Crippen molar-refractivity contribution in [1.82, 2.24) is 5.32 Å². The number of anilines is 1. The predicted octanol–water partition coefficient (Wildman–Crippen LogP) is 3.21. The van der Waals surface area contributed by atoms with Gasteiger partial charge in [-0.25, -0.2) is 0 Å². The highest BCUT2D eigenvalue weighted by Gasteiger charge is 2.32. The molecule has 0 bridgehead atoms. The molecule has 3 nitrogen and oxygen atoms in total. The first-order chi connectivity index (χ1) is 9.29. The largest absolute Gasteiger partial charge is 0.382 e. The first-order valence-corrected chi connectivity index (χ1v) is 7.44. The van der Waals surface area contributed by atoms with E-state index in [9.17, 15) is 4.79 Å². The summed E-state index contributed by atoms with van der Waals surface area (Å²) in [5.74, 6) is 0.150. The van der Waals surface area contributed by atoms with Crippen molar-refractivity contribution in [1.29, 1.82) is 0 Å². The number of para-hydroxylation sites is 1. The van der Waals surface area contributed by atoms with Gasteiger partial charge in [-0.05, 0) is 37.3 Å². The lowest BCUT2D eigenvalue weighted by Gasteiger charge is -2.34. The summed E-state index contributed by atoms with van der Waals surface area (Å²) in [6.45, 7) is 10.6. The molecule has 1 aromatic carbocycles. The van der Waals surface area contributed by atoms with Crippen molar-refractivity contribution in [2.45, 2.75) is 53.1 Å². The highest BCUT2D eigenvalue weighted by molar-refractivity contribution is 5.81. The normalized spacial score (nSPS) is 23.4. The number of nitrogens with one attached hydrogen (secondary N) is 2. The van der Waals surface area contributed by atoms with Crippen molar-refractivity contribution in [2.24, 2.45) is 11.3 Å². The zero-order chi connectivity index (χ0) is 14.9. The van der Waals surface area contributed by atoms with Crippen LogP contribution >= 0.6 is 0 Å². The fourth-order valence-corrected chi connectivity index (χ4v) is 2.46. The fraction of sp³-hybridized carbons (Fsp3) is 0.588. The summed E-state index contributed by atoms with van der Waals surface area (Å²) in [4.78, 5) is 12.5. The second-order valence-corrected chi connectivity index (χ2v) is 7.00. The van der Waals surface area contributed by atoms with Gasteiger partial charge in [0.2, 0.25) is 5.91 Å². The maximum Gasteiger partial charge on any atom is 0.225 e. The molecule has 0 spiro atoms. The van der Waals surface area contributed by atoms with E-state index in [0.717, 1.165) is 12.1 Å². The number of benzene rings is 1. The van der Waals surface area contributed by atoms with Crippen LogP contribution in [0, 0.1) is 11.3 Å². The van der Waals surface area contributed by atoms with Crippen molar-refractivity contribution in [3.8, 4) is 0 Å². The molecule has 0 fully saturated rings. The molecule has 2 N–H and O–H groups in total. The van der Waals surface area contributed by atoms with Gasteiger partial charge in [-0.15, -0.1) is 0 Å². The first kappa shape index (κ1) is 14.9. The van der Waals surface area contributed by atoms with Crippen LogP contribution in [-0.2, 0) is 11.2 Å². The summed E-state index contributed by atoms with van der Waals surface area (Å²) < 4.78 is 0. The van der Waals surface area contributed by atoms with Crippen LogP contribution in [0.1, 0.15) is 40.2 Å². The third-order valence-corrected chi connectivity index (χ3v) is 4.44. The minimum Gasteiger partial charge on any atom is -0.382 e. The monoisotopic (exact) mass is 274 g/mol. The van der Waals surface area contributed by atoms with Gasteiger partial charge in [0.15, 0.2) is 0 Å². The second-order valence-electron chi connectivity index (χ2n) is 7.00. The van der Waals surface area contributed by atoms with Crippen molar-refractivity contribution >= 4 is 11.6 Å². The van der Waals surface area contributed by atoms with E-state index < -0.39 is 0 Å². The lowest BCUT2D eigenvalue weighted by atomic mass is 9.85. The third kappa shape index (κ3) is 3.14. The van der Waals surface area contributed by atoms with Gasteiger partial charge in [0.05, 0.1) is 5.92 Å². The van der Waals surface area contributed by atoms with Crippen LogP contribution in [0.2, 0.25) is 0 Å². The van der Waals surface area contributed by atoms with Crippen LogP contribution in [0.5, 0.6) is 0 Å². The second kappa shape index (κ2) is 5.47. The number of carbonyl (C=O) groups excluding carboxylic acids is 1. The van der Waals surface area contributed by atoms with E-state index in [1.54, 1.807) is 0 Å². The van der Waals surface area contributed by atoms with E-state index in [0.29, 0.717) is 0 Å². The van der Waals surface area contributed by atoms with E-state index in [-0.39, 0.29) is 29.3 Å². The molecule has 3 heteroatoms. The molecule has 2 rings (SSSR count). The highest BCUT2D eigenvalue weighted by Crippen LogP contribution is 2.29. The summed E-state index contributed by atoms with van der Waals surface area (Å²) in [5.41, 5.74) is 2.47. The quantitative estimate of drug-likeness (QED) is 0.869. The Morgan fingerprint density at radius 1 is 1.35 bits per heavy atom. The third-order valence-electron chi connectivity index (χ3n) is 4.44. The SMILES string of the molecule is CC1Nc2ccccc2CC1C(=O)NC(C)C(C)(C)C. The molecule has 3 atom stereocenters. The first-order valence-electron chi connectivity index (χ1n) is 7.44. The molecule has 0 aromatic heterocycles. The Balaban J connectivity index is 2.08. The maximum absolute atomic E-state index is 12.5. The van der Waals surface area contributed by atoms with Gasteiger partial charge in [-0.3, -0.25) is 4.79 Å². The minimum absolute atomic E-state index is 0.00491. The van der Waals surface area contributed by atoms with Gasteiger partial charge >= 0.3 is 0 Å². The van der Waals surface area contributed by atoms with E-state index in [4.69, 9.17) is 0 Å². The number of fused-ring (bicyclic) bond motifs is 1. The zero-order valence-corrected chi connectivity index (χ0v) is 13.2. The van der Waals surface area contributed by atoms with Gasteiger partial charge in [0.1, 0.15) is 0 Å². The minimum atomic E-state index is -0.00491. The average Bonchev–Trinajstić information content (AvgIpc) is 2.36. The maximum atomic E-state index is 12.5. The van der Waals surface area contributed by atoms with Crippen LogP contribution in [-0.4, -0.2) is 18.0 Å². The molecule has 110 valence electrons. The number of hydrogen-bond acceptors (Lipinski definition) is 2. The van der Waals surface area contributed by atoms with Crippen LogP contribution in [0.25, 0.3) is 0 Å². The Kier molecular flexibility index (Phi) is 4.07. The predicted molar refractivity (Wildman–Crippen MR) is 83.8 cm³/mol. The van der Waals surface area contributed by atoms with E-state index in [1.165, 1.54) is 5.56 Å². The smallest absolute Gasteiger partial charge is 0.225 e. The highest BCUT2D eigenvalue weighted by atomic mass is 16.2. The zero-order valence-electron chi connectivity index (χ0n) is 13.2. The van der Waals surface area contributed by atoms with Gasteiger partial charge in [-0.1, -0.05) is 39.0 Å². The Labute approximate surface area is 122 Å². The van der Waals surface area contributed by atoms with Crippen molar-refractivity contribution in [3.05, 3.63) is 29.8 Å². The van der Waals surface area contributed by atoms with Crippen molar-refractivity contribution in [3.63, 3.8) is 0 Å². The number of rotatable bonds is 2. The van der Waals surface area contributed by atoms with Crippen molar-refractivity contribution < 1.29 is 4.79 Å². The molecule has 0 saturated carbocycles. The summed E-state index contributed by atoms with van der Waals surface area (Å²) in [6.07, 6.45) is 0.813. The molecule has 0 saturated heterocycles. The van der Waals surface area contributed by atoms with Crippen LogP contribution in [0.3, 0.4) is 0 Å². The Bertz CT molecular complexity index is 490. The number of carbonyl (C=O) groups is 1. The lowest BCUT2D eigenvalue weighted by Crippen LogP contribution is -2.49. The van der Waals surface area contributed by atoms with Crippen LogP contribution < -0.4 is 10.6 Å². The Morgan fingerprint density at radius 3 is 2.65 bits per heavy atom. The molecule has 20 heavy (non-hydrogen) atoms. The molecule has 0 radical (unpaired) electrons. The topological polar surface area (TPSA) is 41.1 Å². The molecular formula is C17H26N2O. The fourth-order valence-electron chi connectivity index (χ4n) is 2.46. The molecule has 1 amide bonds. The summed E-state index contributed by atoms with van der Waals surface area (Å²) in [6, 6.07) is 8.57. The Morgan fingerprint density at radius 2 is 2.00 bits per heavy atom. The van der Waals surface area contributed by atoms with E-state index >= 15 is 0 Å². The summed E-state index contributed by atoms with van der Waals surface area (Å²) in [5, 5.41) is 6.61. The van der Waals surface area contributed by atoms with Gasteiger partial charge in [-0.2, -0.15) is 0 Å². The number of hydrogen-bond donors (Lipinski definition) is 2. The molecule has 1 aliphatic heterocycles. The summed E-state index contributed by atoms with van der Waals surface area (Å²) in [7, 11) is 0. The molecule has 1 heterocycles. The number of amides is 1. The van der Waals surface area contributed by atoms with Gasteiger partial charge < -0.3 is 10.6 Å². The van der Waals surface area contributed by atoms with Crippen LogP contribution in [0.15, 0.2) is 24.3 Å². The molecule has 3 unspecified atom stereocenters. The Hall–Kier alpha value is -1.51.